The fourth-order valence-electron chi connectivity index (χ4n) is 2.38. The molecule has 0 spiro atoms. The highest BCUT2D eigenvalue weighted by Crippen LogP contribution is 2.27. The van der Waals surface area contributed by atoms with E-state index in [1.54, 1.807) is 0 Å². The Morgan fingerprint density at radius 2 is 1.41 bits per heavy atom. The van der Waals surface area contributed by atoms with Gasteiger partial charge in [-0.3, -0.25) is 0 Å². The molecule has 0 atom stereocenters. The van der Waals surface area contributed by atoms with Crippen molar-refractivity contribution in [1.82, 2.24) is 0 Å². The SMILES string of the molecule is Nc1cc(CCCCCCCCCC(F)(F)F)cc(Cl)c1N. The van der Waals surface area contributed by atoms with E-state index in [-0.39, 0.29) is 6.42 Å². The fourth-order valence-corrected chi connectivity index (χ4v) is 2.63. The van der Waals surface area contributed by atoms with Crippen molar-refractivity contribution in [3.05, 3.63) is 22.7 Å². The van der Waals surface area contributed by atoms with Crippen LogP contribution in [0.4, 0.5) is 24.5 Å². The average molecular weight is 337 g/mol. The number of hydrogen-bond acceptors (Lipinski definition) is 2. The summed E-state index contributed by atoms with van der Waals surface area (Å²) < 4.78 is 35.8. The highest BCUT2D eigenvalue weighted by molar-refractivity contribution is 6.33. The zero-order chi connectivity index (χ0) is 16.6. The van der Waals surface area contributed by atoms with Gasteiger partial charge in [0.25, 0.3) is 0 Å². The zero-order valence-corrected chi connectivity index (χ0v) is 13.4. The molecule has 126 valence electrons. The van der Waals surface area contributed by atoms with Gasteiger partial charge in [0, 0.05) is 6.42 Å². The van der Waals surface area contributed by atoms with Crippen LogP contribution in [0.15, 0.2) is 12.1 Å². The maximum atomic E-state index is 11.9. The lowest BCUT2D eigenvalue weighted by Crippen LogP contribution is -2.06. The van der Waals surface area contributed by atoms with Crippen molar-refractivity contribution < 1.29 is 13.2 Å². The van der Waals surface area contributed by atoms with Crippen LogP contribution in [0.3, 0.4) is 0 Å². The van der Waals surface area contributed by atoms with E-state index in [0.29, 0.717) is 22.8 Å². The number of nitrogens with two attached hydrogens (primary N) is 2. The molecule has 0 heterocycles. The summed E-state index contributed by atoms with van der Waals surface area (Å²) in [6, 6.07) is 3.68. The molecular weight excluding hydrogens is 313 g/mol. The van der Waals surface area contributed by atoms with E-state index in [4.69, 9.17) is 23.1 Å². The number of aryl methyl sites for hydroxylation is 1. The Bertz CT molecular complexity index is 438. The first-order valence-electron chi connectivity index (χ1n) is 7.70. The molecule has 4 N–H and O–H groups in total. The number of halogens is 4. The van der Waals surface area contributed by atoms with Crippen LogP contribution in [0.25, 0.3) is 0 Å². The van der Waals surface area contributed by atoms with Gasteiger partial charge >= 0.3 is 6.18 Å². The molecule has 0 amide bonds. The van der Waals surface area contributed by atoms with E-state index in [1.165, 1.54) is 0 Å². The first-order valence-corrected chi connectivity index (χ1v) is 8.07. The highest BCUT2D eigenvalue weighted by Gasteiger charge is 2.25. The summed E-state index contributed by atoms with van der Waals surface area (Å²) in [5.74, 6) is 0. The van der Waals surface area contributed by atoms with Crippen LogP contribution in [-0.2, 0) is 6.42 Å². The van der Waals surface area contributed by atoms with Crippen molar-refractivity contribution >= 4 is 23.0 Å². The molecule has 1 aromatic rings. The Morgan fingerprint density at radius 1 is 0.864 bits per heavy atom. The van der Waals surface area contributed by atoms with Crippen molar-refractivity contribution in [2.45, 2.75) is 64.0 Å². The summed E-state index contributed by atoms with van der Waals surface area (Å²) in [5.41, 5.74) is 13.4. The number of alkyl halides is 3. The Hall–Kier alpha value is -1.10. The van der Waals surface area contributed by atoms with E-state index in [0.717, 1.165) is 44.1 Å². The van der Waals surface area contributed by atoms with Crippen molar-refractivity contribution in [3.63, 3.8) is 0 Å². The van der Waals surface area contributed by atoms with E-state index in [2.05, 4.69) is 0 Å². The normalized spacial score (nSPS) is 11.8. The average Bonchev–Trinajstić information content (AvgIpc) is 2.41. The molecule has 2 nitrogen and oxygen atoms in total. The molecule has 0 bridgehead atoms. The molecule has 0 aliphatic rings. The number of unbranched alkanes of at least 4 members (excludes halogenated alkanes) is 6. The Labute approximate surface area is 135 Å². The van der Waals surface area contributed by atoms with Gasteiger partial charge in [-0.15, -0.1) is 0 Å². The van der Waals surface area contributed by atoms with Gasteiger partial charge in [0.05, 0.1) is 16.4 Å². The number of anilines is 2. The Balaban J connectivity index is 2.07. The molecular formula is C16H24ClF3N2. The fraction of sp³-hybridized carbons (Fsp3) is 0.625. The van der Waals surface area contributed by atoms with Gasteiger partial charge in [0.2, 0.25) is 0 Å². The molecule has 0 aliphatic carbocycles. The summed E-state index contributed by atoms with van der Waals surface area (Å²) in [6.45, 7) is 0. The van der Waals surface area contributed by atoms with E-state index < -0.39 is 12.6 Å². The first kappa shape index (κ1) is 18.9. The van der Waals surface area contributed by atoms with Gasteiger partial charge in [-0.1, -0.05) is 43.7 Å². The van der Waals surface area contributed by atoms with Crippen LogP contribution in [0.2, 0.25) is 5.02 Å². The topological polar surface area (TPSA) is 52.0 Å². The molecule has 1 aromatic carbocycles. The van der Waals surface area contributed by atoms with E-state index in [9.17, 15) is 13.2 Å². The van der Waals surface area contributed by atoms with Crippen LogP contribution < -0.4 is 11.5 Å². The third kappa shape index (κ3) is 7.78. The number of benzene rings is 1. The van der Waals surface area contributed by atoms with Crippen LogP contribution >= 0.6 is 11.6 Å². The summed E-state index contributed by atoms with van der Waals surface area (Å²) in [6.07, 6.45) is 2.09. The van der Waals surface area contributed by atoms with Gasteiger partial charge in [0.15, 0.2) is 0 Å². The molecule has 0 radical (unpaired) electrons. The van der Waals surface area contributed by atoms with Crippen molar-refractivity contribution in [3.8, 4) is 0 Å². The summed E-state index contributed by atoms with van der Waals surface area (Å²) in [4.78, 5) is 0. The molecule has 0 fully saturated rings. The van der Waals surface area contributed by atoms with Crippen LogP contribution in [0.1, 0.15) is 56.9 Å². The molecule has 6 heteroatoms. The first-order chi connectivity index (χ1) is 10.3. The van der Waals surface area contributed by atoms with E-state index in [1.807, 2.05) is 12.1 Å². The molecule has 0 aromatic heterocycles. The molecule has 0 unspecified atom stereocenters. The van der Waals surface area contributed by atoms with Gasteiger partial charge in [0.1, 0.15) is 0 Å². The Kier molecular flexibility index (Phi) is 7.87. The Morgan fingerprint density at radius 3 is 1.95 bits per heavy atom. The van der Waals surface area contributed by atoms with Crippen LogP contribution in [0.5, 0.6) is 0 Å². The second-order valence-corrected chi connectivity index (χ2v) is 6.08. The number of nitrogen functional groups attached to an aromatic ring is 2. The van der Waals surface area contributed by atoms with Crippen LogP contribution in [0, 0.1) is 0 Å². The smallest absolute Gasteiger partial charge is 0.389 e. The van der Waals surface area contributed by atoms with Gasteiger partial charge < -0.3 is 11.5 Å². The summed E-state index contributed by atoms with van der Waals surface area (Å²) in [7, 11) is 0. The highest BCUT2D eigenvalue weighted by atomic mass is 35.5. The predicted octanol–water partition coefficient (Wildman–Crippen LogP) is 5.73. The minimum atomic E-state index is -4.01. The molecule has 22 heavy (non-hydrogen) atoms. The number of hydrogen-bond donors (Lipinski definition) is 2. The maximum Gasteiger partial charge on any atom is 0.389 e. The maximum absolute atomic E-state index is 11.9. The largest absolute Gasteiger partial charge is 0.397 e. The van der Waals surface area contributed by atoms with Crippen molar-refractivity contribution in [2.24, 2.45) is 0 Å². The number of rotatable bonds is 9. The quantitative estimate of drug-likeness (QED) is 0.447. The van der Waals surface area contributed by atoms with Gasteiger partial charge in [-0.25, -0.2) is 0 Å². The molecule has 0 aliphatic heterocycles. The van der Waals surface area contributed by atoms with Crippen molar-refractivity contribution in [2.75, 3.05) is 11.5 Å². The monoisotopic (exact) mass is 336 g/mol. The van der Waals surface area contributed by atoms with Crippen molar-refractivity contribution in [1.29, 1.82) is 0 Å². The molecule has 1 rings (SSSR count). The standard InChI is InChI=1S/C16H24ClF3N2/c17-13-10-12(11-14(21)15(13)22)8-6-4-2-1-3-5-7-9-16(18,19)20/h10-11H,1-9,21-22H2. The third-order valence-corrected chi connectivity index (χ3v) is 3.96. The summed E-state index contributed by atoms with van der Waals surface area (Å²) >= 11 is 5.98. The lowest BCUT2D eigenvalue weighted by atomic mass is 10.0. The molecule has 0 saturated carbocycles. The second kappa shape index (κ2) is 9.13. The second-order valence-electron chi connectivity index (χ2n) is 5.67. The summed E-state index contributed by atoms with van der Waals surface area (Å²) in [5, 5.41) is 0.486. The predicted molar refractivity (Wildman–Crippen MR) is 87.0 cm³/mol. The van der Waals surface area contributed by atoms with Gasteiger partial charge in [-0.05, 0) is 37.0 Å². The van der Waals surface area contributed by atoms with Gasteiger partial charge in [-0.2, -0.15) is 13.2 Å². The lowest BCUT2D eigenvalue weighted by molar-refractivity contribution is -0.135. The molecule has 0 saturated heterocycles. The minimum Gasteiger partial charge on any atom is -0.397 e. The third-order valence-electron chi connectivity index (χ3n) is 3.65. The lowest BCUT2D eigenvalue weighted by Gasteiger charge is -2.08. The zero-order valence-electron chi connectivity index (χ0n) is 12.7. The minimum absolute atomic E-state index is 0.243. The van der Waals surface area contributed by atoms with E-state index >= 15 is 0 Å². The van der Waals surface area contributed by atoms with Crippen LogP contribution in [-0.4, -0.2) is 6.18 Å².